The molecule has 1 aliphatic rings. The van der Waals surface area contributed by atoms with E-state index in [1.54, 1.807) is 0 Å². The summed E-state index contributed by atoms with van der Waals surface area (Å²) in [4.78, 5) is 51.6. The number of hydrogen-bond donors (Lipinski definition) is 3. The molecule has 0 aliphatic carbocycles. The molecule has 2 amide bonds. The van der Waals surface area contributed by atoms with Crippen molar-refractivity contribution in [2.24, 2.45) is 5.41 Å². The first-order valence-corrected chi connectivity index (χ1v) is 17.3. The normalized spacial score (nSPS) is 20.1. The van der Waals surface area contributed by atoms with Crippen molar-refractivity contribution in [2.75, 3.05) is 26.6 Å². The molecule has 0 saturated carbocycles. The largest absolute Gasteiger partial charge is 0.495 e. The van der Waals surface area contributed by atoms with Gasteiger partial charge in [0.05, 0.1) is 44.2 Å². The average Bonchev–Trinajstić information content (AvgIpc) is 3.43. The Labute approximate surface area is 316 Å². The van der Waals surface area contributed by atoms with E-state index in [4.69, 9.17) is 32.7 Å². The molecule has 0 aromatic heterocycles. The van der Waals surface area contributed by atoms with E-state index in [0.29, 0.717) is 0 Å². The molecule has 11 nitrogen and oxygen atoms in total. The van der Waals surface area contributed by atoms with Crippen LogP contribution in [0.4, 0.5) is 14.5 Å². The van der Waals surface area contributed by atoms with E-state index in [1.807, 2.05) is 20.8 Å². The summed E-state index contributed by atoms with van der Waals surface area (Å²) in [7, 11) is 3.65. The minimum absolute atomic E-state index is 0.0386. The van der Waals surface area contributed by atoms with Crippen LogP contribution >= 0.6 is 23.2 Å². The monoisotopic (exact) mass is 772 g/mol. The lowest BCUT2D eigenvalue weighted by Crippen LogP contribution is -2.45. The Morgan fingerprint density at radius 3 is 2.34 bits per heavy atom. The van der Waals surface area contributed by atoms with Gasteiger partial charge in [0.2, 0.25) is 5.91 Å². The Bertz CT molecular complexity index is 1930. The fraction of sp³-hybridized carbons (Fsp3) is 0.395. The van der Waals surface area contributed by atoms with Crippen LogP contribution in [0.3, 0.4) is 0 Å². The van der Waals surface area contributed by atoms with Gasteiger partial charge in [-0.05, 0) is 60.2 Å². The van der Waals surface area contributed by atoms with Crippen LogP contribution in [0.1, 0.15) is 67.4 Å². The number of amides is 2. The summed E-state index contributed by atoms with van der Waals surface area (Å²) < 4.78 is 46.8. The molecule has 53 heavy (non-hydrogen) atoms. The number of carbonyl (C=O) groups is 4. The van der Waals surface area contributed by atoms with Gasteiger partial charge in [0, 0.05) is 34.5 Å². The van der Waals surface area contributed by atoms with E-state index in [0.717, 1.165) is 13.2 Å². The maximum atomic E-state index is 16.0. The van der Waals surface area contributed by atoms with Crippen molar-refractivity contribution in [1.82, 2.24) is 10.6 Å². The number of ether oxygens (including phenoxy) is 3. The van der Waals surface area contributed by atoms with Crippen LogP contribution in [0.5, 0.6) is 5.75 Å². The third-order valence-corrected chi connectivity index (χ3v) is 9.64. The van der Waals surface area contributed by atoms with Crippen molar-refractivity contribution < 1.29 is 42.2 Å². The predicted octanol–water partition coefficient (Wildman–Crippen LogP) is 6.47. The number of carbonyl (C=O) groups excluding carboxylic acids is 4. The first-order valence-electron chi connectivity index (χ1n) is 16.5. The number of methoxy groups -OCH3 is 3. The van der Waals surface area contributed by atoms with Crippen LogP contribution in [0.2, 0.25) is 10.0 Å². The number of nitrogens with one attached hydrogen (secondary N) is 3. The number of esters is 2. The standard InChI is InChI=1S/C38H40Cl2F2N4O7/c1-37(2,3)18-29-38(19-43,23-12-11-21(39)17-25(23)41)31(22-8-7-9-24(40)32(22)42)33(46-29)35(49)44-26-13-10-20(16-28(26)51-4)34(48)45-27(36(50)53-6)14-15-30(47)52-5/h7-13,16-17,27,29,31,33,46H,14-15,18H2,1-6H3,(H,44,49)(H,45,48)/t27-,29+,31+,33-,38+/m1/s1. The first-order chi connectivity index (χ1) is 25.0. The molecule has 3 N–H and O–H groups in total. The lowest BCUT2D eigenvalue weighted by Gasteiger charge is -2.37. The third-order valence-electron chi connectivity index (χ3n) is 9.11. The van der Waals surface area contributed by atoms with Gasteiger partial charge in [-0.25, -0.2) is 13.6 Å². The number of nitrogens with zero attached hydrogens (tertiary/aromatic N) is 1. The molecule has 1 aliphatic heterocycles. The molecule has 5 atom stereocenters. The summed E-state index contributed by atoms with van der Waals surface area (Å²) in [5, 5.41) is 19.5. The minimum Gasteiger partial charge on any atom is -0.495 e. The fourth-order valence-corrected chi connectivity index (χ4v) is 7.04. The maximum absolute atomic E-state index is 16.0. The Hall–Kier alpha value is -4.77. The van der Waals surface area contributed by atoms with Gasteiger partial charge in [0.15, 0.2) is 0 Å². The summed E-state index contributed by atoms with van der Waals surface area (Å²) in [6, 6.07) is 11.1. The highest BCUT2D eigenvalue weighted by Gasteiger charge is 2.61. The number of hydrogen-bond acceptors (Lipinski definition) is 9. The van der Waals surface area contributed by atoms with E-state index in [9.17, 15) is 24.4 Å². The molecule has 1 heterocycles. The Morgan fingerprint density at radius 2 is 1.74 bits per heavy atom. The van der Waals surface area contributed by atoms with Crippen molar-refractivity contribution in [3.63, 3.8) is 0 Å². The molecule has 0 radical (unpaired) electrons. The Kier molecular flexibility index (Phi) is 13.1. The summed E-state index contributed by atoms with van der Waals surface area (Å²) in [5.74, 6) is -5.72. The van der Waals surface area contributed by atoms with E-state index in [2.05, 4.69) is 26.8 Å². The zero-order valence-corrected chi connectivity index (χ0v) is 31.5. The lowest BCUT2D eigenvalue weighted by atomic mass is 9.62. The Balaban J connectivity index is 1.77. The summed E-state index contributed by atoms with van der Waals surface area (Å²) in [5.41, 5.74) is -2.30. The zero-order valence-electron chi connectivity index (χ0n) is 29.9. The van der Waals surface area contributed by atoms with E-state index < -0.39 is 70.3 Å². The second kappa shape index (κ2) is 16.9. The highest BCUT2D eigenvalue weighted by atomic mass is 35.5. The van der Waals surface area contributed by atoms with Crippen molar-refractivity contribution >= 4 is 52.6 Å². The average molecular weight is 774 g/mol. The van der Waals surface area contributed by atoms with Gasteiger partial charge in [-0.15, -0.1) is 0 Å². The quantitative estimate of drug-likeness (QED) is 0.176. The van der Waals surface area contributed by atoms with Crippen LogP contribution in [-0.4, -0.2) is 63.2 Å². The lowest BCUT2D eigenvalue weighted by molar-refractivity contribution is -0.144. The number of benzene rings is 3. The summed E-state index contributed by atoms with van der Waals surface area (Å²) >= 11 is 12.3. The summed E-state index contributed by atoms with van der Waals surface area (Å²) in [6.45, 7) is 5.77. The highest BCUT2D eigenvalue weighted by molar-refractivity contribution is 6.31. The molecule has 4 rings (SSSR count). The van der Waals surface area contributed by atoms with E-state index in [-0.39, 0.29) is 57.4 Å². The molecule has 1 fully saturated rings. The van der Waals surface area contributed by atoms with Crippen LogP contribution in [-0.2, 0) is 29.3 Å². The van der Waals surface area contributed by atoms with Crippen LogP contribution in [0, 0.1) is 28.4 Å². The number of rotatable bonds is 12. The SMILES string of the molecule is COC(=O)CC[C@@H](NC(=O)c1ccc(NC(=O)[C@@H]2N[C@@H](CC(C)(C)C)[C@](C#N)(c3ccc(Cl)cc3F)[C@H]2c2cccc(Cl)c2F)c(OC)c1)C(=O)OC. The number of anilines is 1. The fourth-order valence-electron chi connectivity index (χ4n) is 6.70. The predicted molar refractivity (Wildman–Crippen MR) is 194 cm³/mol. The summed E-state index contributed by atoms with van der Waals surface area (Å²) in [6.07, 6.45) is 0.0261. The molecule has 1 saturated heterocycles. The van der Waals surface area contributed by atoms with Crippen LogP contribution in [0.25, 0.3) is 0 Å². The second-order valence-corrected chi connectivity index (χ2v) is 14.6. The van der Waals surface area contributed by atoms with Gasteiger partial charge in [-0.1, -0.05) is 62.2 Å². The first kappa shape index (κ1) is 41.0. The number of halogens is 4. The second-order valence-electron chi connectivity index (χ2n) is 13.8. The van der Waals surface area contributed by atoms with Crippen molar-refractivity contribution in [1.29, 1.82) is 5.26 Å². The topological polar surface area (TPSA) is 156 Å². The van der Waals surface area contributed by atoms with Crippen LogP contribution < -0.4 is 20.7 Å². The molecule has 15 heteroatoms. The van der Waals surface area contributed by atoms with Crippen molar-refractivity contribution in [3.05, 3.63) is 93.0 Å². The molecule has 0 bridgehead atoms. The van der Waals surface area contributed by atoms with Crippen LogP contribution in [0.15, 0.2) is 54.6 Å². The van der Waals surface area contributed by atoms with Gasteiger partial charge in [0.25, 0.3) is 5.91 Å². The van der Waals surface area contributed by atoms with E-state index in [1.165, 1.54) is 62.8 Å². The van der Waals surface area contributed by atoms with Gasteiger partial charge >= 0.3 is 11.9 Å². The zero-order chi connectivity index (χ0) is 39.2. The van der Waals surface area contributed by atoms with Gasteiger partial charge in [-0.2, -0.15) is 5.26 Å². The third kappa shape index (κ3) is 8.89. The maximum Gasteiger partial charge on any atom is 0.328 e. The Morgan fingerprint density at radius 1 is 1.02 bits per heavy atom. The van der Waals surface area contributed by atoms with Gasteiger partial charge < -0.3 is 30.2 Å². The molecule has 3 aromatic rings. The molecule has 3 aromatic carbocycles. The molecular weight excluding hydrogens is 733 g/mol. The molecule has 282 valence electrons. The smallest absolute Gasteiger partial charge is 0.328 e. The molecular formula is C38H40Cl2F2N4O7. The minimum atomic E-state index is -1.84. The number of nitriles is 1. The van der Waals surface area contributed by atoms with Gasteiger partial charge in [-0.3, -0.25) is 14.4 Å². The van der Waals surface area contributed by atoms with Crippen molar-refractivity contribution in [2.45, 2.75) is 69.5 Å². The van der Waals surface area contributed by atoms with Crippen molar-refractivity contribution in [3.8, 4) is 11.8 Å². The molecule has 0 unspecified atom stereocenters. The van der Waals surface area contributed by atoms with Gasteiger partial charge in [0.1, 0.15) is 28.8 Å². The molecule has 0 spiro atoms. The van der Waals surface area contributed by atoms with E-state index >= 15 is 8.78 Å². The highest BCUT2D eigenvalue weighted by Crippen LogP contribution is 2.53.